The molecule has 39 heavy (non-hydrogen) atoms. The van der Waals surface area contributed by atoms with Crippen LogP contribution in [0.15, 0.2) is 59.4 Å². The summed E-state index contributed by atoms with van der Waals surface area (Å²) in [5.41, 5.74) is 3.58. The van der Waals surface area contributed by atoms with Gasteiger partial charge in [0.2, 0.25) is 5.91 Å². The third-order valence-electron chi connectivity index (χ3n) is 7.24. The molecule has 9 nitrogen and oxygen atoms in total. The molecule has 1 atom stereocenters. The molecular formula is C30H33N3O6. The molecule has 1 aromatic heterocycles. The van der Waals surface area contributed by atoms with Gasteiger partial charge in [-0.3, -0.25) is 14.4 Å². The highest BCUT2D eigenvalue weighted by Gasteiger charge is 2.33. The number of amides is 2. The van der Waals surface area contributed by atoms with Crippen LogP contribution in [0.2, 0.25) is 0 Å². The maximum absolute atomic E-state index is 13.7. The van der Waals surface area contributed by atoms with E-state index in [0.717, 1.165) is 22.4 Å². The van der Waals surface area contributed by atoms with Crippen LogP contribution in [0, 0.1) is 6.92 Å². The Labute approximate surface area is 227 Å². The van der Waals surface area contributed by atoms with Crippen molar-refractivity contribution in [1.29, 1.82) is 0 Å². The molecule has 6 bridgehead atoms. The van der Waals surface area contributed by atoms with Crippen molar-refractivity contribution >= 4 is 11.8 Å². The van der Waals surface area contributed by atoms with E-state index in [0.29, 0.717) is 56.3 Å². The van der Waals surface area contributed by atoms with Gasteiger partial charge < -0.3 is 29.0 Å². The fourth-order valence-corrected chi connectivity index (χ4v) is 5.25. The van der Waals surface area contributed by atoms with Crippen LogP contribution in [0.5, 0.6) is 17.2 Å². The number of fused-ring (bicyclic) bond motifs is 8. The van der Waals surface area contributed by atoms with E-state index in [1.165, 1.54) is 6.07 Å². The van der Waals surface area contributed by atoms with Crippen LogP contribution >= 0.6 is 0 Å². The number of carbonyl (C=O) groups excluding carboxylic acids is 2. The molecule has 1 N–H and O–H groups in total. The van der Waals surface area contributed by atoms with Gasteiger partial charge in [-0.05, 0) is 66.8 Å². The molecule has 0 saturated carbocycles. The lowest BCUT2D eigenvalue weighted by Crippen LogP contribution is -2.41. The highest BCUT2D eigenvalue weighted by Crippen LogP contribution is 2.42. The minimum Gasteiger partial charge on any atom is -0.494 e. The first-order chi connectivity index (χ1) is 18.9. The quantitative estimate of drug-likeness (QED) is 0.556. The number of hydrogen-bond donors (Lipinski definition) is 1. The molecule has 204 valence electrons. The van der Waals surface area contributed by atoms with E-state index in [4.69, 9.17) is 14.2 Å². The van der Waals surface area contributed by atoms with Crippen LogP contribution in [0.3, 0.4) is 0 Å². The first kappa shape index (κ1) is 26.3. The van der Waals surface area contributed by atoms with E-state index in [-0.39, 0.29) is 36.4 Å². The maximum atomic E-state index is 13.7. The average molecular weight is 532 g/mol. The monoisotopic (exact) mass is 531 g/mol. The zero-order valence-corrected chi connectivity index (χ0v) is 22.3. The summed E-state index contributed by atoms with van der Waals surface area (Å²) in [6, 6.07) is 16.3. The predicted octanol–water partition coefficient (Wildman–Crippen LogP) is 3.01. The molecule has 3 aromatic rings. The summed E-state index contributed by atoms with van der Waals surface area (Å²) in [5, 5.41) is 2.84. The Morgan fingerprint density at radius 1 is 1.10 bits per heavy atom. The molecule has 0 saturated heterocycles. The summed E-state index contributed by atoms with van der Waals surface area (Å²) in [6.07, 6.45) is 1.45. The van der Waals surface area contributed by atoms with Gasteiger partial charge in [0.05, 0.1) is 19.8 Å². The number of nitrogens with one attached hydrogen (secondary N) is 1. The zero-order chi connectivity index (χ0) is 27.4. The fraction of sp³-hybridized carbons (Fsp3) is 0.367. The molecule has 0 fully saturated rings. The summed E-state index contributed by atoms with van der Waals surface area (Å²) in [6.45, 7) is 3.46. The second-order valence-corrected chi connectivity index (χ2v) is 9.76. The number of benzene rings is 2. The lowest BCUT2D eigenvalue weighted by molar-refractivity contribution is -0.133. The van der Waals surface area contributed by atoms with Crippen molar-refractivity contribution in [2.24, 2.45) is 0 Å². The van der Waals surface area contributed by atoms with Gasteiger partial charge in [-0.1, -0.05) is 18.2 Å². The molecule has 2 aromatic carbocycles. The molecule has 3 aliphatic rings. The van der Waals surface area contributed by atoms with Crippen molar-refractivity contribution in [3.05, 3.63) is 87.3 Å². The largest absolute Gasteiger partial charge is 0.494 e. The van der Waals surface area contributed by atoms with Crippen LogP contribution in [-0.4, -0.2) is 54.7 Å². The summed E-state index contributed by atoms with van der Waals surface area (Å²) >= 11 is 0. The lowest BCUT2D eigenvalue weighted by Gasteiger charge is -2.38. The van der Waals surface area contributed by atoms with Crippen LogP contribution in [0.1, 0.15) is 41.3 Å². The van der Waals surface area contributed by atoms with Gasteiger partial charge in [0, 0.05) is 37.8 Å². The number of pyridine rings is 1. The Bertz CT molecular complexity index is 1430. The summed E-state index contributed by atoms with van der Waals surface area (Å²) in [5.74, 6) is 1.42. The molecule has 9 heteroatoms. The van der Waals surface area contributed by atoms with Crippen molar-refractivity contribution in [3.63, 3.8) is 0 Å². The van der Waals surface area contributed by atoms with Crippen LogP contribution < -0.4 is 25.1 Å². The first-order valence-electron chi connectivity index (χ1n) is 13.2. The van der Waals surface area contributed by atoms with Crippen molar-refractivity contribution in [3.8, 4) is 17.2 Å². The van der Waals surface area contributed by atoms with Gasteiger partial charge in [-0.2, -0.15) is 0 Å². The van der Waals surface area contributed by atoms with Gasteiger partial charge in [0.25, 0.3) is 11.5 Å². The Hall–Kier alpha value is -4.27. The van der Waals surface area contributed by atoms with Gasteiger partial charge in [-0.25, -0.2) is 0 Å². The van der Waals surface area contributed by atoms with Crippen molar-refractivity contribution in [1.82, 2.24) is 14.8 Å². The fourth-order valence-electron chi connectivity index (χ4n) is 5.25. The third kappa shape index (κ3) is 5.77. The van der Waals surface area contributed by atoms with Crippen molar-refractivity contribution in [2.75, 3.05) is 33.4 Å². The summed E-state index contributed by atoms with van der Waals surface area (Å²) in [7, 11) is 1.56. The normalized spacial score (nSPS) is 17.1. The standard InChI is InChI=1S/C30H33N3O6/c1-20-6-3-9-28(35)32(20)14-11-29(36)33-13-10-21-17-26-25(37-2)18-24(21)30(33)22-7-4-8-23(16-22)38-15-5-12-31-27(34)19-39-26/h3-4,6-9,16-18,30H,5,10-15,19H2,1-2H3,(H,31,34). The molecule has 0 radical (unpaired) electrons. The Balaban J connectivity index is 1.53. The number of methoxy groups -OCH3 is 1. The van der Waals surface area contributed by atoms with E-state index < -0.39 is 0 Å². The molecule has 6 rings (SSSR count). The van der Waals surface area contributed by atoms with E-state index in [9.17, 15) is 14.4 Å². The van der Waals surface area contributed by atoms with E-state index in [2.05, 4.69) is 5.32 Å². The van der Waals surface area contributed by atoms with Gasteiger partial charge in [0.1, 0.15) is 5.75 Å². The minimum atomic E-state index is -0.377. The second kappa shape index (κ2) is 11.6. The molecule has 2 amide bonds. The average Bonchev–Trinajstić information content (AvgIpc) is 2.94. The number of carbonyl (C=O) groups is 2. The number of ether oxygens (including phenoxy) is 3. The number of rotatable bonds is 4. The van der Waals surface area contributed by atoms with Crippen LogP contribution in [0.4, 0.5) is 0 Å². The second-order valence-electron chi connectivity index (χ2n) is 9.76. The molecule has 3 aliphatic heterocycles. The van der Waals surface area contributed by atoms with Gasteiger partial charge in [-0.15, -0.1) is 0 Å². The van der Waals surface area contributed by atoms with E-state index in [1.807, 2.05) is 54.3 Å². The maximum Gasteiger partial charge on any atom is 0.257 e. The van der Waals surface area contributed by atoms with E-state index >= 15 is 0 Å². The highest BCUT2D eigenvalue weighted by molar-refractivity contribution is 5.78. The highest BCUT2D eigenvalue weighted by atomic mass is 16.5. The number of aryl methyl sites for hydroxylation is 1. The zero-order valence-electron chi connectivity index (χ0n) is 22.3. The smallest absolute Gasteiger partial charge is 0.257 e. The summed E-state index contributed by atoms with van der Waals surface area (Å²) < 4.78 is 19.1. The Kier molecular flexibility index (Phi) is 7.86. The molecule has 0 aliphatic carbocycles. The van der Waals surface area contributed by atoms with Gasteiger partial charge in [0.15, 0.2) is 18.1 Å². The minimum absolute atomic E-state index is 0.0440. The van der Waals surface area contributed by atoms with Crippen molar-refractivity contribution < 1.29 is 23.8 Å². The van der Waals surface area contributed by atoms with Crippen molar-refractivity contribution in [2.45, 2.75) is 38.8 Å². The Morgan fingerprint density at radius 3 is 2.77 bits per heavy atom. The molecular weight excluding hydrogens is 498 g/mol. The number of aromatic nitrogens is 1. The van der Waals surface area contributed by atoms with Crippen LogP contribution in [0.25, 0.3) is 0 Å². The molecule has 0 spiro atoms. The first-order valence-corrected chi connectivity index (χ1v) is 13.2. The third-order valence-corrected chi connectivity index (χ3v) is 7.24. The molecule has 1 unspecified atom stereocenters. The number of nitrogens with zero attached hydrogens (tertiary/aromatic N) is 2. The predicted molar refractivity (Wildman–Crippen MR) is 145 cm³/mol. The lowest BCUT2D eigenvalue weighted by atomic mass is 9.87. The van der Waals surface area contributed by atoms with Gasteiger partial charge >= 0.3 is 0 Å². The SMILES string of the molecule is COc1cc2c3cc1OCC(=O)NCCCOc1cccc(c1)C2N(C(=O)CCn1c(C)cccc1=O)CC3. The molecule has 4 heterocycles. The van der Waals surface area contributed by atoms with E-state index in [1.54, 1.807) is 17.7 Å². The topological polar surface area (TPSA) is 99.1 Å². The Morgan fingerprint density at radius 2 is 1.95 bits per heavy atom. The summed E-state index contributed by atoms with van der Waals surface area (Å²) in [4.78, 5) is 40.3. The van der Waals surface area contributed by atoms with Crippen LogP contribution in [-0.2, 0) is 22.6 Å². The number of hydrogen-bond acceptors (Lipinski definition) is 6.